The number of hydrogen-bond donors (Lipinski definition) is 2. The molecule has 0 atom stereocenters. The summed E-state index contributed by atoms with van der Waals surface area (Å²) < 4.78 is 14.9. The highest BCUT2D eigenvalue weighted by molar-refractivity contribution is 5.89. The minimum atomic E-state index is -1.32. The number of benzene rings is 1. The van der Waals surface area contributed by atoms with Crippen LogP contribution < -0.4 is 9.47 Å². The summed E-state index contributed by atoms with van der Waals surface area (Å²) in [6, 6.07) is 4.62. The lowest BCUT2D eigenvalue weighted by Crippen LogP contribution is -2.10. The Balaban J connectivity index is 3.16. The van der Waals surface area contributed by atoms with E-state index in [0.29, 0.717) is 17.2 Å². The molecule has 1 rings (SSSR count). The van der Waals surface area contributed by atoms with Crippen LogP contribution in [0.15, 0.2) is 39.9 Å². The van der Waals surface area contributed by atoms with Gasteiger partial charge in [-0.3, -0.25) is 4.79 Å². The molecule has 0 saturated heterocycles. The van der Waals surface area contributed by atoms with E-state index < -0.39 is 29.8 Å². The van der Waals surface area contributed by atoms with Crippen molar-refractivity contribution in [3.8, 4) is 11.5 Å². The SMILES string of the molecule is CCOC(=O)C(N=Nc1ccc(OC)c(OC)c1)=C(O)CC(=O)O. The van der Waals surface area contributed by atoms with E-state index in [4.69, 9.17) is 19.3 Å². The molecule has 0 aliphatic carbocycles. The number of esters is 1. The number of ether oxygens (including phenoxy) is 3. The van der Waals surface area contributed by atoms with Gasteiger partial charge in [-0.2, -0.15) is 5.11 Å². The smallest absolute Gasteiger partial charge is 0.362 e. The second-order valence-corrected chi connectivity index (χ2v) is 4.33. The van der Waals surface area contributed by atoms with Gasteiger partial charge in [0, 0.05) is 6.07 Å². The van der Waals surface area contributed by atoms with Gasteiger partial charge in [0.1, 0.15) is 12.2 Å². The van der Waals surface area contributed by atoms with Crippen LogP contribution in [-0.2, 0) is 14.3 Å². The lowest BCUT2D eigenvalue weighted by Gasteiger charge is -2.07. The summed E-state index contributed by atoms with van der Waals surface area (Å²) in [5.74, 6) is -2.17. The maximum absolute atomic E-state index is 11.8. The van der Waals surface area contributed by atoms with E-state index in [-0.39, 0.29) is 6.61 Å². The van der Waals surface area contributed by atoms with E-state index in [1.54, 1.807) is 19.1 Å². The number of carbonyl (C=O) groups is 2. The molecule has 9 heteroatoms. The molecule has 0 aromatic heterocycles. The Labute approximate surface area is 138 Å². The minimum absolute atomic E-state index is 0.0363. The average Bonchev–Trinajstić information content (AvgIpc) is 2.54. The zero-order valence-electron chi connectivity index (χ0n) is 13.5. The lowest BCUT2D eigenvalue weighted by molar-refractivity contribution is -0.138. The van der Waals surface area contributed by atoms with Gasteiger partial charge in [-0.25, -0.2) is 4.79 Å². The minimum Gasteiger partial charge on any atom is -0.509 e. The standard InChI is InChI=1S/C15H18N2O7/c1-4-24-15(21)14(10(18)8-13(19)20)17-16-9-5-6-11(22-2)12(7-9)23-3/h5-7,18H,4,8H2,1-3H3,(H,19,20). The van der Waals surface area contributed by atoms with E-state index in [1.807, 2.05) is 0 Å². The lowest BCUT2D eigenvalue weighted by atomic mass is 10.3. The van der Waals surface area contributed by atoms with Gasteiger partial charge in [0.05, 0.1) is 26.5 Å². The fraction of sp³-hybridized carbons (Fsp3) is 0.333. The number of aliphatic hydroxyl groups excluding tert-OH is 1. The zero-order chi connectivity index (χ0) is 18.1. The van der Waals surface area contributed by atoms with E-state index in [2.05, 4.69) is 10.2 Å². The van der Waals surface area contributed by atoms with Gasteiger partial charge in [0.2, 0.25) is 5.70 Å². The summed E-state index contributed by atoms with van der Waals surface area (Å²) in [5, 5.41) is 25.9. The molecule has 0 bridgehead atoms. The Morgan fingerprint density at radius 3 is 2.33 bits per heavy atom. The summed E-state index contributed by atoms with van der Waals surface area (Å²) in [4.78, 5) is 22.5. The number of carboxylic acid groups (broad SMARTS) is 1. The number of carbonyl (C=O) groups excluding carboxylic acids is 1. The maximum Gasteiger partial charge on any atom is 0.362 e. The van der Waals surface area contributed by atoms with Crippen LogP contribution in [0, 0.1) is 0 Å². The van der Waals surface area contributed by atoms with Gasteiger partial charge in [-0.15, -0.1) is 5.11 Å². The summed E-state index contributed by atoms with van der Waals surface area (Å²) >= 11 is 0. The second kappa shape index (κ2) is 9.13. The van der Waals surface area contributed by atoms with Gasteiger partial charge >= 0.3 is 11.9 Å². The maximum atomic E-state index is 11.8. The van der Waals surface area contributed by atoms with E-state index >= 15 is 0 Å². The van der Waals surface area contributed by atoms with Crippen LogP contribution in [-0.4, -0.2) is 43.0 Å². The first-order valence-electron chi connectivity index (χ1n) is 6.87. The number of rotatable bonds is 8. The van der Waals surface area contributed by atoms with Crippen LogP contribution in [0.5, 0.6) is 11.5 Å². The molecular formula is C15H18N2O7. The Kier molecular flexibility index (Phi) is 7.21. The van der Waals surface area contributed by atoms with Crippen molar-refractivity contribution < 1.29 is 34.0 Å². The summed E-state index contributed by atoms with van der Waals surface area (Å²) in [5.41, 5.74) is -0.272. The van der Waals surface area contributed by atoms with Crippen molar-refractivity contribution in [2.45, 2.75) is 13.3 Å². The molecule has 0 amide bonds. The van der Waals surface area contributed by atoms with Crippen LogP contribution >= 0.6 is 0 Å². The molecule has 0 aliphatic rings. The largest absolute Gasteiger partial charge is 0.509 e. The van der Waals surface area contributed by atoms with Crippen molar-refractivity contribution in [1.29, 1.82) is 0 Å². The Morgan fingerprint density at radius 1 is 1.12 bits per heavy atom. The van der Waals surface area contributed by atoms with Crippen LogP contribution in [0.3, 0.4) is 0 Å². The Morgan fingerprint density at radius 2 is 1.79 bits per heavy atom. The van der Waals surface area contributed by atoms with Crippen LogP contribution in [0.25, 0.3) is 0 Å². The first-order chi connectivity index (χ1) is 11.4. The predicted octanol–water partition coefficient (Wildman–Crippen LogP) is 2.59. The van der Waals surface area contributed by atoms with Gasteiger partial charge in [0.15, 0.2) is 11.5 Å². The van der Waals surface area contributed by atoms with E-state index in [1.165, 1.54) is 20.3 Å². The van der Waals surface area contributed by atoms with Gasteiger partial charge < -0.3 is 24.4 Å². The number of nitrogens with zero attached hydrogens (tertiary/aromatic N) is 2. The highest BCUT2D eigenvalue weighted by atomic mass is 16.5. The summed E-state index contributed by atoms with van der Waals surface area (Å²) in [6.45, 7) is 1.60. The van der Waals surface area contributed by atoms with Gasteiger partial charge in [-0.1, -0.05) is 0 Å². The third-order valence-corrected chi connectivity index (χ3v) is 2.69. The number of aliphatic carboxylic acids is 1. The molecule has 0 radical (unpaired) electrons. The van der Waals surface area contributed by atoms with Crippen molar-refractivity contribution in [1.82, 2.24) is 0 Å². The summed E-state index contributed by atoms with van der Waals surface area (Å²) in [6.07, 6.45) is -0.779. The molecule has 0 spiro atoms. The molecule has 0 saturated carbocycles. The molecule has 9 nitrogen and oxygen atoms in total. The number of carboxylic acids is 1. The molecule has 0 aliphatic heterocycles. The molecule has 1 aromatic carbocycles. The third kappa shape index (κ3) is 5.27. The van der Waals surface area contributed by atoms with Crippen molar-refractivity contribution in [3.63, 3.8) is 0 Å². The van der Waals surface area contributed by atoms with Gasteiger partial charge in [0.25, 0.3) is 0 Å². The topological polar surface area (TPSA) is 127 Å². The van der Waals surface area contributed by atoms with Gasteiger partial charge in [-0.05, 0) is 19.1 Å². The average molecular weight is 338 g/mol. The van der Waals surface area contributed by atoms with Crippen LogP contribution in [0.2, 0.25) is 0 Å². The molecule has 1 aromatic rings. The first kappa shape index (κ1) is 18.9. The second-order valence-electron chi connectivity index (χ2n) is 4.33. The van der Waals surface area contributed by atoms with E-state index in [9.17, 15) is 14.7 Å². The highest BCUT2D eigenvalue weighted by Crippen LogP contribution is 2.31. The number of methoxy groups -OCH3 is 2. The highest BCUT2D eigenvalue weighted by Gasteiger charge is 2.19. The molecule has 0 fully saturated rings. The van der Waals surface area contributed by atoms with Crippen LogP contribution in [0.4, 0.5) is 5.69 Å². The number of aliphatic hydroxyl groups is 1. The van der Waals surface area contributed by atoms with Crippen molar-refractivity contribution in [2.75, 3.05) is 20.8 Å². The molecule has 130 valence electrons. The Hall–Kier alpha value is -3.10. The summed E-state index contributed by atoms with van der Waals surface area (Å²) in [7, 11) is 2.92. The first-order valence-corrected chi connectivity index (χ1v) is 6.87. The zero-order valence-corrected chi connectivity index (χ0v) is 13.5. The third-order valence-electron chi connectivity index (χ3n) is 2.69. The fourth-order valence-electron chi connectivity index (χ4n) is 1.64. The van der Waals surface area contributed by atoms with Crippen molar-refractivity contribution in [3.05, 3.63) is 29.7 Å². The molecule has 0 heterocycles. The van der Waals surface area contributed by atoms with Crippen molar-refractivity contribution in [2.24, 2.45) is 10.2 Å². The molecule has 24 heavy (non-hydrogen) atoms. The molecule has 0 unspecified atom stereocenters. The predicted molar refractivity (Wildman–Crippen MR) is 82.6 cm³/mol. The molecular weight excluding hydrogens is 320 g/mol. The quantitative estimate of drug-likeness (QED) is 0.323. The van der Waals surface area contributed by atoms with Crippen molar-refractivity contribution >= 4 is 17.6 Å². The number of azo groups is 1. The Bertz CT molecular complexity index is 668. The molecule has 2 N–H and O–H groups in total. The number of hydrogen-bond acceptors (Lipinski definition) is 8. The fourth-order valence-corrected chi connectivity index (χ4v) is 1.64. The normalized spacial score (nSPS) is 11.8. The van der Waals surface area contributed by atoms with E-state index in [0.717, 1.165) is 0 Å². The monoisotopic (exact) mass is 338 g/mol. The van der Waals surface area contributed by atoms with Crippen LogP contribution in [0.1, 0.15) is 13.3 Å².